The van der Waals surface area contributed by atoms with Crippen LogP contribution in [-0.2, 0) is 14.3 Å². The van der Waals surface area contributed by atoms with Crippen LogP contribution >= 0.6 is 23.2 Å². The number of carbonyl (C=O) groups is 6. The second-order valence-corrected chi connectivity index (χ2v) is 12.8. The smallest absolute Gasteiger partial charge is 0.338 e. The number of benzene rings is 5. The lowest BCUT2D eigenvalue weighted by Gasteiger charge is -2.13. The zero-order valence-corrected chi connectivity index (χ0v) is 30.8. The van der Waals surface area contributed by atoms with Crippen molar-refractivity contribution in [2.45, 2.75) is 0 Å². The molecule has 0 aliphatic carbocycles. The highest BCUT2D eigenvalue weighted by Crippen LogP contribution is 2.39. The topological polar surface area (TPSA) is 229 Å². The number of ketones is 2. The van der Waals surface area contributed by atoms with Gasteiger partial charge in [0.15, 0.2) is 24.8 Å². The summed E-state index contributed by atoms with van der Waals surface area (Å²) >= 11 is 12.1. The molecule has 19 heteroatoms. The van der Waals surface area contributed by atoms with Crippen LogP contribution in [0.4, 0.5) is 11.4 Å². The molecular formula is C39H23Cl2N3O14. The van der Waals surface area contributed by atoms with Crippen molar-refractivity contribution < 1.29 is 57.6 Å². The molecule has 1 aliphatic heterocycles. The molecule has 1 heterocycles. The Kier molecular flexibility index (Phi) is 11.8. The van der Waals surface area contributed by atoms with Gasteiger partial charge in [0.2, 0.25) is 11.5 Å². The molecule has 0 N–H and O–H groups in total. The van der Waals surface area contributed by atoms with E-state index >= 15 is 0 Å². The number of amides is 2. The third-order valence-corrected chi connectivity index (χ3v) is 8.87. The molecule has 58 heavy (non-hydrogen) atoms. The number of nitro benzene ring substituents is 2. The van der Waals surface area contributed by atoms with Crippen molar-refractivity contribution in [2.24, 2.45) is 0 Å². The number of esters is 2. The lowest BCUT2D eigenvalue weighted by molar-refractivity contribution is -0.385. The van der Waals surface area contributed by atoms with Gasteiger partial charge in [-0.3, -0.25) is 49.1 Å². The summed E-state index contributed by atoms with van der Waals surface area (Å²) in [5.74, 6) is -5.25. The summed E-state index contributed by atoms with van der Waals surface area (Å²) in [6.45, 7) is -2.31. The quantitative estimate of drug-likeness (QED) is 0.0328. The summed E-state index contributed by atoms with van der Waals surface area (Å²) in [5, 5.41) is 22.6. The van der Waals surface area contributed by atoms with Gasteiger partial charge >= 0.3 is 23.3 Å². The Morgan fingerprint density at radius 2 is 1.03 bits per heavy atom. The standard InChI is InChI=1S/C39H23Cl2N3O14/c40-28-3-1-5-30(43(51)52)35(28)57-24-12-7-21(8-13-24)32(45)19-55-34(47)18-42-37(48)26-16-11-23(17-27(26)38(42)49)39(50)56-20-33(46)22-9-14-25(15-10-22)58-36-29(41)4-2-6-31(36)44(53)54/h1-17H,18-20H2. The van der Waals surface area contributed by atoms with Gasteiger partial charge in [0.05, 0.1) is 36.6 Å². The third-order valence-electron chi connectivity index (χ3n) is 8.27. The number of carbonyl (C=O) groups excluding carboxylic acids is 6. The van der Waals surface area contributed by atoms with Crippen molar-refractivity contribution in [3.8, 4) is 23.0 Å². The molecule has 292 valence electrons. The lowest BCUT2D eigenvalue weighted by Crippen LogP contribution is -2.36. The van der Waals surface area contributed by atoms with Gasteiger partial charge in [-0.1, -0.05) is 35.3 Å². The number of fused-ring (bicyclic) bond motifs is 1. The Hall–Kier alpha value is -7.50. The number of hydrogen-bond acceptors (Lipinski definition) is 14. The van der Waals surface area contributed by atoms with Crippen molar-refractivity contribution >= 4 is 69.9 Å². The number of para-hydroxylation sites is 2. The van der Waals surface area contributed by atoms with Crippen LogP contribution in [0.2, 0.25) is 10.0 Å². The van der Waals surface area contributed by atoms with E-state index in [2.05, 4.69) is 0 Å². The van der Waals surface area contributed by atoms with Crippen LogP contribution in [0.15, 0.2) is 103 Å². The van der Waals surface area contributed by atoms with Gasteiger partial charge in [-0.05, 0) is 78.9 Å². The molecule has 0 aromatic heterocycles. The van der Waals surface area contributed by atoms with Crippen LogP contribution < -0.4 is 9.47 Å². The highest BCUT2D eigenvalue weighted by atomic mass is 35.5. The van der Waals surface area contributed by atoms with Crippen LogP contribution in [0.3, 0.4) is 0 Å². The summed E-state index contributed by atoms with van der Waals surface area (Å²) in [6, 6.07) is 22.3. The van der Waals surface area contributed by atoms with Gasteiger partial charge in [0.1, 0.15) is 18.0 Å². The number of halogens is 2. The van der Waals surface area contributed by atoms with E-state index in [-0.39, 0.29) is 72.2 Å². The Balaban J connectivity index is 0.995. The molecule has 0 atom stereocenters. The largest absolute Gasteiger partial charge is 0.456 e. The first kappa shape index (κ1) is 40.2. The normalized spacial score (nSPS) is 11.7. The molecule has 6 rings (SSSR count). The van der Waals surface area contributed by atoms with E-state index in [1.807, 2.05) is 0 Å². The van der Waals surface area contributed by atoms with Gasteiger partial charge in [0.25, 0.3) is 11.8 Å². The molecule has 0 saturated heterocycles. The van der Waals surface area contributed by atoms with Gasteiger partial charge in [-0.15, -0.1) is 0 Å². The summed E-state index contributed by atoms with van der Waals surface area (Å²) < 4.78 is 21.2. The molecule has 0 bridgehead atoms. The van der Waals surface area contributed by atoms with E-state index in [1.165, 1.54) is 97.1 Å². The number of ether oxygens (including phenoxy) is 4. The predicted octanol–water partition coefficient (Wildman–Crippen LogP) is 7.46. The Morgan fingerprint density at radius 3 is 1.52 bits per heavy atom. The fourth-order valence-corrected chi connectivity index (χ4v) is 5.82. The molecule has 5 aromatic rings. The maximum absolute atomic E-state index is 13.1. The fourth-order valence-electron chi connectivity index (χ4n) is 5.40. The van der Waals surface area contributed by atoms with Crippen LogP contribution in [0, 0.1) is 20.2 Å². The van der Waals surface area contributed by atoms with E-state index in [1.54, 1.807) is 0 Å². The Bertz CT molecular complexity index is 2540. The third kappa shape index (κ3) is 8.80. The number of hydrogen-bond donors (Lipinski definition) is 0. The number of Topliss-reactive ketones (excluding diaryl/α,β-unsaturated/α-hetero) is 2. The molecule has 5 aromatic carbocycles. The second-order valence-electron chi connectivity index (χ2n) is 12.0. The molecule has 0 radical (unpaired) electrons. The molecule has 0 fully saturated rings. The lowest BCUT2D eigenvalue weighted by atomic mass is 10.1. The SMILES string of the molecule is O=C(CN1C(=O)c2ccc(C(=O)OCC(=O)c3ccc(Oc4c(Cl)cccc4[N+](=O)[O-])cc3)cc2C1=O)OCC(=O)c1ccc(Oc2c(Cl)cccc2[N+](=O)[O-])cc1. The van der Waals surface area contributed by atoms with Crippen molar-refractivity contribution in [1.29, 1.82) is 0 Å². The van der Waals surface area contributed by atoms with Crippen molar-refractivity contribution in [1.82, 2.24) is 4.90 Å². The summed E-state index contributed by atoms with van der Waals surface area (Å²) in [5.41, 5.74) is -1.03. The molecule has 0 spiro atoms. The molecule has 0 saturated carbocycles. The fraction of sp³-hybridized carbons (Fsp3) is 0.0769. The molecule has 1 aliphatic rings. The first-order valence-electron chi connectivity index (χ1n) is 16.5. The van der Waals surface area contributed by atoms with E-state index in [9.17, 15) is 49.0 Å². The monoisotopic (exact) mass is 827 g/mol. The maximum atomic E-state index is 13.1. The predicted molar refractivity (Wildman–Crippen MR) is 201 cm³/mol. The number of imide groups is 1. The second kappa shape index (κ2) is 17.1. The minimum atomic E-state index is -1.09. The van der Waals surface area contributed by atoms with E-state index in [0.29, 0.717) is 4.90 Å². The van der Waals surface area contributed by atoms with Crippen molar-refractivity contribution in [3.63, 3.8) is 0 Å². The van der Waals surface area contributed by atoms with Crippen LogP contribution in [0.25, 0.3) is 0 Å². The van der Waals surface area contributed by atoms with Gasteiger partial charge in [0, 0.05) is 23.3 Å². The molecule has 2 amide bonds. The number of nitrogens with zero attached hydrogens (tertiary/aromatic N) is 3. The van der Waals surface area contributed by atoms with E-state index in [4.69, 9.17) is 42.1 Å². The van der Waals surface area contributed by atoms with Crippen LogP contribution in [0.5, 0.6) is 23.0 Å². The number of nitro groups is 2. The zero-order chi connectivity index (χ0) is 41.7. The summed E-state index contributed by atoms with van der Waals surface area (Å²) in [7, 11) is 0. The molecular weight excluding hydrogens is 805 g/mol. The van der Waals surface area contributed by atoms with Crippen molar-refractivity contribution in [3.05, 3.63) is 161 Å². The first-order valence-corrected chi connectivity index (χ1v) is 17.3. The Labute approximate surface area is 335 Å². The molecule has 17 nitrogen and oxygen atoms in total. The van der Waals surface area contributed by atoms with E-state index in [0.717, 1.165) is 6.07 Å². The average Bonchev–Trinajstić information content (AvgIpc) is 3.44. The van der Waals surface area contributed by atoms with Gasteiger partial charge in [-0.25, -0.2) is 4.79 Å². The van der Waals surface area contributed by atoms with Gasteiger partial charge in [-0.2, -0.15) is 0 Å². The maximum Gasteiger partial charge on any atom is 0.338 e. The average molecular weight is 829 g/mol. The first-order chi connectivity index (χ1) is 27.7. The van der Waals surface area contributed by atoms with Gasteiger partial charge < -0.3 is 18.9 Å². The highest BCUT2D eigenvalue weighted by Gasteiger charge is 2.38. The van der Waals surface area contributed by atoms with E-state index < -0.39 is 64.9 Å². The summed E-state index contributed by atoms with van der Waals surface area (Å²) in [6.07, 6.45) is 0. The zero-order valence-electron chi connectivity index (χ0n) is 29.2. The van der Waals surface area contributed by atoms with Crippen LogP contribution in [-0.4, -0.2) is 69.8 Å². The van der Waals surface area contributed by atoms with Crippen LogP contribution in [0.1, 0.15) is 51.8 Å². The Morgan fingerprint density at radius 1 is 0.586 bits per heavy atom. The minimum absolute atomic E-state index is 0.00125. The van der Waals surface area contributed by atoms with Crippen molar-refractivity contribution in [2.75, 3.05) is 19.8 Å². The summed E-state index contributed by atoms with van der Waals surface area (Å²) in [4.78, 5) is 98.8. The minimum Gasteiger partial charge on any atom is -0.456 e. The molecule has 0 unspecified atom stereocenters. The highest BCUT2D eigenvalue weighted by molar-refractivity contribution is 6.32. The number of rotatable bonds is 15.